The Balaban J connectivity index is 1.63. The molecule has 2 aromatic heterocycles. The van der Waals surface area contributed by atoms with Crippen molar-refractivity contribution < 1.29 is 13.2 Å². The first kappa shape index (κ1) is 24.1. The second-order valence-electron chi connectivity index (χ2n) is 9.71. The maximum Gasteiger partial charge on any atom is 0.416 e. The van der Waals surface area contributed by atoms with Crippen LogP contribution in [0.3, 0.4) is 0 Å². The van der Waals surface area contributed by atoms with Crippen LogP contribution in [0.5, 0.6) is 0 Å². The van der Waals surface area contributed by atoms with Gasteiger partial charge < -0.3 is 4.90 Å². The van der Waals surface area contributed by atoms with Crippen LogP contribution in [0.15, 0.2) is 48.0 Å². The van der Waals surface area contributed by atoms with Gasteiger partial charge in [0.15, 0.2) is 5.82 Å². The molecule has 3 aromatic rings. The first-order chi connectivity index (χ1) is 17.0. The number of hydrogen-bond acceptors (Lipinski definition) is 7. The number of hydrazone groups is 1. The molecule has 0 aliphatic carbocycles. The Kier molecular flexibility index (Phi) is 5.49. The highest BCUT2D eigenvalue weighted by atomic mass is 19.4. The van der Waals surface area contributed by atoms with Crippen molar-refractivity contribution in [1.29, 1.82) is 0 Å². The lowest BCUT2D eigenvalue weighted by Crippen LogP contribution is -2.68. The minimum Gasteiger partial charge on any atom is -0.343 e. The molecule has 5 rings (SSSR count). The number of anilines is 2. The fourth-order valence-corrected chi connectivity index (χ4v) is 5.52. The van der Waals surface area contributed by atoms with Gasteiger partial charge in [0.2, 0.25) is 5.95 Å². The summed E-state index contributed by atoms with van der Waals surface area (Å²) in [6.45, 7) is 10.7. The van der Waals surface area contributed by atoms with Crippen molar-refractivity contribution in [3.05, 3.63) is 48.4 Å². The van der Waals surface area contributed by atoms with Gasteiger partial charge in [-0.25, -0.2) is 9.97 Å². The number of imidazole rings is 1. The third-order valence-electron chi connectivity index (χ3n) is 7.14. The highest BCUT2D eigenvalue weighted by Crippen LogP contribution is 2.47. The van der Waals surface area contributed by atoms with Crippen LogP contribution >= 0.6 is 0 Å². The zero-order valence-corrected chi connectivity index (χ0v) is 21.1. The fourth-order valence-electron chi connectivity index (χ4n) is 5.52. The van der Waals surface area contributed by atoms with E-state index in [1.807, 2.05) is 19.0 Å². The van der Waals surface area contributed by atoms with Gasteiger partial charge in [-0.2, -0.15) is 23.3 Å². The summed E-state index contributed by atoms with van der Waals surface area (Å²) in [5, 5.41) is 6.72. The largest absolute Gasteiger partial charge is 0.416 e. The molecule has 1 unspecified atom stereocenters. The average Bonchev–Trinajstić information content (AvgIpc) is 3.43. The summed E-state index contributed by atoms with van der Waals surface area (Å²) in [4.78, 5) is 18.6. The van der Waals surface area contributed by atoms with Gasteiger partial charge in [-0.1, -0.05) is 19.1 Å². The van der Waals surface area contributed by atoms with Gasteiger partial charge in [0.25, 0.3) is 0 Å². The highest BCUT2D eigenvalue weighted by Gasteiger charge is 2.54. The molecule has 0 saturated carbocycles. The van der Waals surface area contributed by atoms with E-state index >= 15 is 0 Å². The quantitative estimate of drug-likeness (QED) is 0.495. The minimum absolute atomic E-state index is 0.0113. The molecule has 0 spiro atoms. The molecule has 0 radical (unpaired) electrons. The third kappa shape index (κ3) is 3.51. The van der Waals surface area contributed by atoms with Crippen LogP contribution in [-0.4, -0.2) is 55.2 Å². The number of amidine groups is 1. The molecule has 8 nitrogen and oxygen atoms in total. The average molecular weight is 499 g/mol. The van der Waals surface area contributed by atoms with Gasteiger partial charge in [0.05, 0.1) is 17.3 Å². The first-order valence-electron chi connectivity index (χ1n) is 11.9. The van der Waals surface area contributed by atoms with Crippen LogP contribution in [0, 0.1) is 0 Å². The van der Waals surface area contributed by atoms with Gasteiger partial charge in [0, 0.05) is 31.0 Å². The zero-order chi connectivity index (χ0) is 26.0. The number of benzene rings is 1. The number of rotatable bonds is 4. The van der Waals surface area contributed by atoms with Gasteiger partial charge >= 0.3 is 6.18 Å². The molecule has 11 heteroatoms. The van der Waals surface area contributed by atoms with E-state index < -0.39 is 11.7 Å². The Labute approximate surface area is 208 Å². The van der Waals surface area contributed by atoms with E-state index in [4.69, 9.17) is 10.1 Å². The van der Waals surface area contributed by atoms with E-state index in [9.17, 15) is 13.2 Å². The predicted molar refractivity (Wildman–Crippen MR) is 133 cm³/mol. The summed E-state index contributed by atoms with van der Waals surface area (Å²) in [6, 6.07) is 5.09. The van der Waals surface area contributed by atoms with Crippen LogP contribution in [0.4, 0.5) is 24.7 Å². The van der Waals surface area contributed by atoms with Gasteiger partial charge in [0.1, 0.15) is 23.5 Å². The van der Waals surface area contributed by atoms with Crippen molar-refractivity contribution >= 4 is 17.3 Å². The van der Waals surface area contributed by atoms with Gasteiger partial charge in [-0.15, -0.1) is 0 Å². The second kappa shape index (κ2) is 8.21. The summed E-state index contributed by atoms with van der Waals surface area (Å²) in [7, 11) is 1.99. The minimum atomic E-state index is -4.40. The lowest BCUT2D eigenvalue weighted by Gasteiger charge is -2.55. The van der Waals surface area contributed by atoms with Crippen LogP contribution in [-0.2, 0) is 6.18 Å². The third-order valence-corrected chi connectivity index (χ3v) is 7.14. The zero-order valence-electron chi connectivity index (χ0n) is 21.1. The van der Waals surface area contributed by atoms with E-state index in [0.717, 1.165) is 35.9 Å². The van der Waals surface area contributed by atoms with Crippen LogP contribution < -0.4 is 9.80 Å². The summed E-state index contributed by atoms with van der Waals surface area (Å²) in [6.07, 6.45) is 1.56. The summed E-state index contributed by atoms with van der Waals surface area (Å²) in [5.41, 5.74) is 0.402. The number of hydrogen-bond donors (Lipinski definition) is 0. The maximum atomic E-state index is 13.0. The molecule has 0 N–H and O–H groups in total. The van der Waals surface area contributed by atoms with Crippen molar-refractivity contribution in [3.8, 4) is 17.3 Å². The molecular weight excluding hydrogens is 469 g/mol. The molecule has 2 atom stereocenters. The maximum absolute atomic E-state index is 13.0. The predicted octanol–water partition coefficient (Wildman–Crippen LogP) is 5.16. The summed E-state index contributed by atoms with van der Waals surface area (Å²) >= 11 is 0. The molecule has 1 aromatic carbocycles. The first-order valence-corrected chi connectivity index (χ1v) is 11.9. The summed E-state index contributed by atoms with van der Waals surface area (Å²) < 4.78 is 40.8. The van der Waals surface area contributed by atoms with Crippen molar-refractivity contribution in [2.24, 2.45) is 5.10 Å². The number of likely N-dealkylation sites (N-methyl/N-ethyl adjacent to an activating group) is 1. The molecule has 2 aliphatic heterocycles. The van der Waals surface area contributed by atoms with E-state index in [1.165, 1.54) is 12.1 Å². The summed E-state index contributed by atoms with van der Waals surface area (Å²) in [5.74, 6) is 2.51. The van der Waals surface area contributed by atoms with Crippen LogP contribution in [0.1, 0.15) is 46.6 Å². The molecular formula is C25H29F3N8. The molecule has 36 heavy (non-hydrogen) atoms. The van der Waals surface area contributed by atoms with Gasteiger partial charge in [-0.3, -0.25) is 14.5 Å². The smallest absolute Gasteiger partial charge is 0.343 e. The highest BCUT2D eigenvalue weighted by molar-refractivity contribution is 6.01. The van der Waals surface area contributed by atoms with Crippen molar-refractivity contribution in [1.82, 2.24) is 24.5 Å². The number of aromatic nitrogens is 4. The number of halogens is 3. The van der Waals surface area contributed by atoms with E-state index in [1.54, 1.807) is 23.2 Å². The van der Waals surface area contributed by atoms with E-state index in [2.05, 4.69) is 47.5 Å². The molecule has 190 valence electrons. The molecule has 0 amide bonds. The van der Waals surface area contributed by atoms with Crippen LogP contribution in [0.25, 0.3) is 17.3 Å². The van der Waals surface area contributed by atoms with Crippen molar-refractivity contribution in [2.45, 2.75) is 65.0 Å². The molecule has 0 fully saturated rings. The van der Waals surface area contributed by atoms with Crippen molar-refractivity contribution in [2.75, 3.05) is 16.8 Å². The Morgan fingerprint density at radius 2 is 1.81 bits per heavy atom. The second-order valence-corrected chi connectivity index (χ2v) is 9.71. The Bertz CT molecular complexity index is 1310. The van der Waals surface area contributed by atoms with Crippen molar-refractivity contribution in [3.63, 3.8) is 0 Å². The lowest BCUT2D eigenvalue weighted by atomic mass is 9.87. The number of nitrogens with zero attached hydrogens (tertiary/aromatic N) is 8. The normalized spacial score (nSPS) is 21.7. The number of alkyl halides is 3. The lowest BCUT2D eigenvalue weighted by molar-refractivity contribution is -0.137. The SMILES string of the molecule is CC[C@]1(C)C2N(C)N=C(C)N2c2cnc(-n3ccnc3-c3ccc(C(F)(F)F)cc3)nc2N1C(C)C. The standard InChI is InChI=1S/C25H29F3N8/c1-7-24(5)22-33(6)32-16(4)35(22)19-14-30-23(31-21(19)36(24)15(2)3)34-13-12-29-20(34)17-8-10-18(11-9-17)25(26,27)28/h8-15,22H,7H2,1-6H3/t22?,24-/m1/s1. The Hall–Kier alpha value is -3.63. The monoisotopic (exact) mass is 498 g/mol. The molecule has 4 heterocycles. The fraction of sp³-hybridized carbons (Fsp3) is 0.440. The molecule has 0 saturated heterocycles. The van der Waals surface area contributed by atoms with E-state index in [-0.39, 0.29) is 17.7 Å². The number of fused-ring (bicyclic) bond motifs is 3. The molecule has 2 aliphatic rings. The molecule has 0 bridgehead atoms. The van der Waals surface area contributed by atoms with Crippen LogP contribution in [0.2, 0.25) is 0 Å². The van der Waals surface area contributed by atoms with E-state index in [0.29, 0.717) is 17.3 Å². The van der Waals surface area contributed by atoms with Gasteiger partial charge in [-0.05, 0) is 46.2 Å². The topological polar surface area (TPSA) is 65.7 Å². The Morgan fingerprint density at radius 3 is 2.42 bits per heavy atom. The Morgan fingerprint density at radius 1 is 1.11 bits per heavy atom.